The molecular formula is C12H9BrN2O4. The first-order chi connectivity index (χ1) is 8.97. The standard InChI is InChI=1S/C12H9BrN2O4/c1-15-6-8(5-14-15)12(18)19-10-3-2-7(11(16)17)4-9(10)13/h2-6H,1H3,(H,16,17). The van der Waals surface area contributed by atoms with Crippen molar-refractivity contribution in [2.75, 3.05) is 0 Å². The minimum Gasteiger partial charge on any atom is -0.478 e. The number of aromatic carboxylic acids is 1. The van der Waals surface area contributed by atoms with Gasteiger partial charge in [-0.25, -0.2) is 9.59 Å². The zero-order valence-corrected chi connectivity index (χ0v) is 11.4. The molecule has 2 aromatic rings. The van der Waals surface area contributed by atoms with Crippen LogP contribution in [-0.2, 0) is 7.05 Å². The summed E-state index contributed by atoms with van der Waals surface area (Å²) in [5, 5.41) is 12.7. The fourth-order valence-electron chi connectivity index (χ4n) is 1.40. The van der Waals surface area contributed by atoms with E-state index in [9.17, 15) is 9.59 Å². The van der Waals surface area contributed by atoms with Gasteiger partial charge < -0.3 is 9.84 Å². The topological polar surface area (TPSA) is 81.4 Å². The van der Waals surface area contributed by atoms with Crippen LogP contribution in [0.4, 0.5) is 0 Å². The third-order valence-corrected chi connectivity index (χ3v) is 2.94. The van der Waals surface area contributed by atoms with Gasteiger partial charge in [0.15, 0.2) is 0 Å². The minimum absolute atomic E-state index is 0.105. The largest absolute Gasteiger partial charge is 0.478 e. The third-order valence-electron chi connectivity index (χ3n) is 2.32. The molecule has 0 spiro atoms. The number of hydrogen-bond acceptors (Lipinski definition) is 4. The monoisotopic (exact) mass is 324 g/mol. The smallest absolute Gasteiger partial charge is 0.346 e. The number of benzene rings is 1. The molecule has 1 N–H and O–H groups in total. The van der Waals surface area contributed by atoms with Gasteiger partial charge in [-0.05, 0) is 34.1 Å². The molecule has 6 nitrogen and oxygen atoms in total. The number of ether oxygens (including phenoxy) is 1. The summed E-state index contributed by atoms with van der Waals surface area (Å²) in [5.74, 6) is -1.36. The molecule has 1 heterocycles. The number of aromatic nitrogens is 2. The van der Waals surface area contributed by atoms with Gasteiger partial charge in [-0.15, -0.1) is 0 Å². The maximum absolute atomic E-state index is 11.8. The van der Waals surface area contributed by atoms with Gasteiger partial charge in [-0.2, -0.15) is 5.10 Å². The van der Waals surface area contributed by atoms with Crippen molar-refractivity contribution in [2.24, 2.45) is 7.05 Å². The Morgan fingerprint density at radius 1 is 1.37 bits per heavy atom. The molecule has 1 aromatic carbocycles. The number of halogens is 1. The van der Waals surface area contributed by atoms with Crippen molar-refractivity contribution in [3.05, 3.63) is 46.2 Å². The first-order valence-electron chi connectivity index (χ1n) is 5.21. The lowest BCUT2D eigenvalue weighted by atomic mass is 10.2. The van der Waals surface area contributed by atoms with Gasteiger partial charge in [-0.3, -0.25) is 4.68 Å². The van der Waals surface area contributed by atoms with E-state index in [1.165, 1.54) is 35.3 Å². The second-order valence-electron chi connectivity index (χ2n) is 3.74. The number of nitrogens with zero attached hydrogens (tertiary/aromatic N) is 2. The van der Waals surface area contributed by atoms with Crippen LogP contribution in [0.15, 0.2) is 35.1 Å². The van der Waals surface area contributed by atoms with E-state index in [1.807, 2.05) is 0 Å². The molecule has 0 saturated carbocycles. The summed E-state index contributed by atoms with van der Waals surface area (Å²) in [4.78, 5) is 22.6. The molecule has 0 bridgehead atoms. The van der Waals surface area contributed by atoms with Crippen LogP contribution in [0.25, 0.3) is 0 Å². The van der Waals surface area contributed by atoms with Gasteiger partial charge in [0.1, 0.15) is 5.75 Å². The number of carboxylic acid groups (broad SMARTS) is 1. The van der Waals surface area contributed by atoms with Crippen molar-refractivity contribution in [3.8, 4) is 5.75 Å². The van der Waals surface area contributed by atoms with Crippen LogP contribution in [0.1, 0.15) is 20.7 Å². The fourth-order valence-corrected chi connectivity index (χ4v) is 1.86. The Labute approximate surface area is 116 Å². The Bertz CT molecular complexity index is 651. The van der Waals surface area contributed by atoms with Crippen molar-refractivity contribution in [3.63, 3.8) is 0 Å². The van der Waals surface area contributed by atoms with E-state index in [4.69, 9.17) is 9.84 Å². The van der Waals surface area contributed by atoms with Crippen molar-refractivity contribution in [1.82, 2.24) is 9.78 Å². The molecular weight excluding hydrogens is 316 g/mol. The average molecular weight is 325 g/mol. The van der Waals surface area contributed by atoms with E-state index in [0.717, 1.165) is 0 Å². The van der Waals surface area contributed by atoms with Crippen LogP contribution in [-0.4, -0.2) is 26.8 Å². The van der Waals surface area contributed by atoms with Gasteiger partial charge >= 0.3 is 11.9 Å². The highest BCUT2D eigenvalue weighted by Crippen LogP contribution is 2.26. The van der Waals surface area contributed by atoms with Crippen LogP contribution in [0.2, 0.25) is 0 Å². The third kappa shape index (κ3) is 3.00. The van der Waals surface area contributed by atoms with Crippen molar-refractivity contribution < 1.29 is 19.4 Å². The van der Waals surface area contributed by atoms with E-state index < -0.39 is 11.9 Å². The van der Waals surface area contributed by atoms with Gasteiger partial charge in [0.25, 0.3) is 0 Å². The van der Waals surface area contributed by atoms with Gasteiger partial charge in [0.05, 0.1) is 21.8 Å². The molecule has 0 fully saturated rings. The number of aryl methyl sites for hydroxylation is 1. The quantitative estimate of drug-likeness (QED) is 0.690. The lowest BCUT2D eigenvalue weighted by Crippen LogP contribution is -2.08. The van der Waals surface area contributed by atoms with Gasteiger partial charge in [-0.1, -0.05) is 0 Å². The molecule has 0 atom stereocenters. The highest BCUT2D eigenvalue weighted by Gasteiger charge is 2.14. The maximum Gasteiger partial charge on any atom is 0.346 e. The van der Waals surface area contributed by atoms with Crippen LogP contribution in [0, 0.1) is 0 Å². The number of carbonyl (C=O) groups is 2. The lowest BCUT2D eigenvalue weighted by molar-refractivity contribution is 0.0696. The molecule has 0 amide bonds. The van der Waals surface area contributed by atoms with Crippen LogP contribution < -0.4 is 4.74 Å². The van der Waals surface area contributed by atoms with E-state index in [1.54, 1.807) is 7.05 Å². The predicted molar refractivity (Wildman–Crippen MR) is 69.3 cm³/mol. The number of hydrogen-bond donors (Lipinski definition) is 1. The zero-order chi connectivity index (χ0) is 14.0. The molecule has 2 rings (SSSR count). The predicted octanol–water partition coefficient (Wildman–Crippen LogP) is 2.10. The Hall–Kier alpha value is -2.15. The normalized spacial score (nSPS) is 10.2. The molecule has 0 aliphatic rings. The molecule has 0 aliphatic carbocycles. The Balaban J connectivity index is 2.20. The van der Waals surface area contributed by atoms with Crippen LogP contribution in [0.3, 0.4) is 0 Å². The molecule has 0 saturated heterocycles. The van der Waals surface area contributed by atoms with Crippen molar-refractivity contribution in [2.45, 2.75) is 0 Å². The molecule has 7 heteroatoms. The molecule has 1 aromatic heterocycles. The second kappa shape index (κ2) is 5.23. The van der Waals surface area contributed by atoms with Gasteiger partial charge in [0.2, 0.25) is 0 Å². The van der Waals surface area contributed by atoms with Crippen molar-refractivity contribution >= 4 is 27.9 Å². The molecule has 98 valence electrons. The van der Waals surface area contributed by atoms with Crippen LogP contribution >= 0.6 is 15.9 Å². The number of carbonyl (C=O) groups excluding carboxylic acids is 1. The first kappa shape index (κ1) is 13.3. The highest BCUT2D eigenvalue weighted by molar-refractivity contribution is 9.10. The summed E-state index contributed by atoms with van der Waals surface area (Å²) in [6.45, 7) is 0. The molecule has 0 aliphatic heterocycles. The van der Waals surface area contributed by atoms with E-state index in [-0.39, 0.29) is 11.3 Å². The van der Waals surface area contributed by atoms with E-state index in [0.29, 0.717) is 10.0 Å². The number of rotatable bonds is 3. The SMILES string of the molecule is Cn1cc(C(=O)Oc2ccc(C(=O)O)cc2Br)cn1. The van der Waals surface area contributed by atoms with Crippen LogP contribution in [0.5, 0.6) is 5.75 Å². The molecule has 19 heavy (non-hydrogen) atoms. The Morgan fingerprint density at radius 2 is 2.11 bits per heavy atom. The summed E-state index contributed by atoms with van der Waals surface area (Å²) in [7, 11) is 1.69. The summed E-state index contributed by atoms with van der Waals surface area (Å²) < 4.78 is 7.03. The summed E-state index contributed by atoms with van der Waals surface area (Å²) in [6, 6.07) is 4.15. The van der Waals surface area contributed by atoms with E-state index >= 15 is 0 Å². The number of carboxylic acids is 1. The average Bonchev–Trinajstić information content (AvgIpc) is 2.78. The van der Waals surface area contributed by atoms with Gasteiger partial charge in [0, 0.05) is 13.2 Å². The fraction of sp³-hybridized carbons (Fsp3) is 0.0833. The second-order valence-corrected chi connectivity index (χ2v) is 4.60. The molecule has 0 radical (unpaired) electrons. The summed E-state index contributed by atoms with van der Waals surface area (Å²) in [6.07, 6.45) is 2.92. The minimum atomic E-state index is -1.05. The Morgan fingerprint density at radius 3 is 2.63 bits per heavy atom. The Kier molecular flexibility index (Phi) is 3.66. The first-order valence-corrected chi connectivity index (χ1v) is 6.00. The molecule has 0 unspecified atom stereocenters. The highest BCUT2D eigenvalue weighted by atomic mass is 79.9. The maximum atomic E-state index is 11.8. The summed E-state index contributed by atoms with van der Waals surface area (Å²) >= 11 is 3.16. The van der Waals surface area contributed by atoms with Crippen molar-refractivity contribution in [1.29, 1.82) is 0 Å². The van der Waals surface area contributed by atoms with E-state index in [2.05, 4.69) is 21.0 Å². The summed E-state index contributed by atoms with van der Waals surface area (Å²) in [5.41, 5.74) is 0.421. The lowest BCUT2D eigenvalue weighted by Gasteiger charge is -2.05. The number of esters is 1. The zero-order valence-electron chi connectivity index (χ0n) is 9.83.